The average Bonchev–Trinajstić information content (AvgIpc) is 2.89. The first-order valence-corrected chi connectivity index (χ1v) is 12.4. The smallest absolute Gasteiger partial charge is 0.395 e. The number of hydrogen-bond acceptors (Lipinski definition) is 4. The van der Waals surface area contributed by atoms with E-state index >= 15 is 0 Å². The highest BCUT2D eigenvalue weighted by Gasteiger charge is 2.42. The third-order valence-corrected chi connectivity index (χ3v) is 6.81. The number of rotatable bonds is 7. The Hall–Kier alpha value is -3.21. The van der Waals surface area contributed by atoms with Crippen molar-refractivity contribution in [1.29, 1.82) is 0 Å². The Labute approximate surface area is 222 Å². The van der Waals surface area contributed by atoms with E-state index < -0.39 is 29.1 Å². The van der Waals surface area contributed by atoms with Gasteiger partial charge in [0, 0.05) is 45.3 Å². The predicted octanol–water partition coefficient (Wildman–Crippen LogP) is 4.70. The van der Waals surface area contributed by atoms with E-state index in [2.05, 4.69) is 10.3 Å². The monoisotopic (exact) mass is 550 g/mol. The number of aromatic nitrogens is 1. The number of nitrogens with one attached hydrogen (secondary N) is 1. The zero-order valence-electron chi connectivity index (χ0n) is 20.4. The van der Waals surface area contributed by atoms with E-state index in [4.69, 9.17) is 11.6 Å². The zero-order valence-corrected chi connectivity index (χ0v) is 21.1. The number of benzene rings is 2. The van der Waals surface area contributed by atoms with Crippen LogP contribution in [0.1, 0.15) is 22.4 Å². The van der Waals surface area contributed by atoms with Gasteiger partial charge in [0.15, 0.2) is 0 Å². The van der Waals surface area contributed by atoms with E-state index in [1.807, 2.05) is 4.90 Å². The zero-order chi connectivity index (χ0) is 27.3. The van der Waals surface area contributed by atoms with Crippen LogP contribution < -0.4 is 5.32 Å². The van der Waals surface area contributed by atoms with Crippen molar-refractivity contribution in [3.05, 3.63) is 100 Å². The third-order valence-electron chi connectivity index (χ3n) is 6.59. The lowest BCUT2D eigenvalue weighted by Gasteiger charge is -2.40. The number of aliphatic hydroxyl groups excluding tert-OH is 1. The summed E-state index contributed by atoms with van der Waals surface area (Å²) in [5, 5.41) is 12.4. The second-order valence-electron chi connectivity index (χ2n) is 9.14. The number of amides is 2. The Kier molecular flexibility index (Phi) is 8.54. The molecule has 0 saturated carbocycles. The number of carbonyl (C=O) groups excluding carboxylic acids is 1. The van der Waals surface area contributed by atoms with Crippen LogP contribution in [0.3, 0.4) is 0 Å². The maximum Gasteiger partial charge on any atom is 0.416 e. The molecule has 1 aromatic heterocycles. The number of carbonyl (C=O) groups is 1. The summed E-state index contributed by atoms with van der Waals surface area (Å²) >= 11 is 6.06. The van der Waals surface area contributed by atoms with Gasteiger partial charge < -0.3 is 15.3 Å². The number of hydrogen-bond donors (Lipinski definition) is 2. The van der Waals surface area contributed by atoms with Gasteiger partial charge in [0.25, 0.3) is 0 Å². The number of halogens is 5. The molecule has 38 heavy (non-hydrogen) atoms. The van der Waals surface area contributed by atoms with Crippen molar-refractivity contribution in [1.82, 2.24) is 20.1 Å². The lowest BCUT2D eigenvalue weighted by molar-refractivity contribution is -0.137. The van der Waals surface area contributed by atoms with E-state index in [1.54, 1.807) is 35.2 Å². The first kappa shape index (κ1) is 27.8. The molecule has 0 bridgehead atoms. The van der Waals surface area contributed by atoms with Gasteiger partial charge in [-0.2, -0.15) is 13.2 Å². The Bertz CT molecular complexity index is 1240. The summed E-state index contributed by atoms with van der Waals surface area (Å²) in [5.74, 6) is -1.09. The number of nitrogens with zero attached hydrogens (tertiary/aromatic N) is 3. The van der Waals surface area contributed by atoms with Crippen molar-refractivity contribution < 1.29 is 27.5 Å². The summed E-state index contributed by atoms with van der Waals surface area (Å²) in [7, 11) is 0. The molecule has 202 valence electrons. The van der Waals surface area contributed by atoms with Crippen LogP contribution in [0.2, 0.25) is 5.02 Å². The van der Waals surface area contributed by atoms with E-state index in [-0.39, 0.29) is 24.3 Å². The molecule has 4 rings (SSSR count). The molecule has 2 heterocycles. The van der Waals surface area contributed by atoms with Crippen molar-refractivity contribution in [3.8, 4) is 0 Å². The van der Waals surface area contributed by atoms with Crippen molar-refractivity contribution >= 4 is 17.6 Å². The predicted molar refractivity (Wildman–Crippen MR) is 135 cm³/mol. The highest BCUT2D eigenvalue weighted by atomic mass is 35.5. The second kappa shape index (κ2) is 11.7. The van der Waals surface area contributed by atoms with Crippen molar-refractivity contribution in [2.24, 2.45) is 0 Å². The minimum absolute atomic E-state index is 0.000555. The molecule has 3 aromatic rings. The molecule has 2 amide bonds. The molecule has 0 unspecified atom stereocenters. The van der Waals surface area contributed by atoms with Gasteiger partial charge in [0.1, 0.15) is 11.4 Å². The largest absolute Gasteiger partial charge is 0.416 e. The van der Waals surface area contributed by atoms with Gasteiger partial charge in [-0.25, -0.2) is 9.18 Å². The number of alkyl halides is 3. The van der Waals surface area contributed by atoms with Crippen LogP contribution in [-0.2, 0) is 18.1 Å². The first-order valence-electron chi connectivity index (χ1n) is 12.1. The number of aliphatic hydroxyl groups is 1. The van der Waals surface area contributed by atoms with Crippen LogP contribution in [0.15, 0.2) is 66.9 Å². The molecule has 1 aliphatic rings. The summed E-state index contributed by atoms with van der Waals surface area (Å²) < 4.78 is 56.0. The van der Waals surface area contributed by atoms with E-state index in [0.29, 0.717) is 49.4 Å². The van der Waals surface area contributed by atoms with E-state index in [0.717, 1.165) is 12.1 Å². The first-order chi connectivity index (χ1) is 18.1. The Morgan fingerprint density at radius 2 is 1.68 bits per heavy atom. The SMILES string of the molecule is O=C(N[C@](Cc1ccccc1)(c1cc(F)cc(C(F)(F)F)c1)c1ccc(Cl)cn1)N1CCN(CCO)CC1. The maximum absolute atomic E-state index is 14.7. The molecule has 2 aromatic carbocycles. The fourth-order valence-corrected chi connectivity index (χ4v) is 4.74. The Balaban J connectivity index is 1.84. The highest BCUT2D eigenvalue weighted by Crippen LogP contribution is 2.38. The molecule has 2 N–H and O–H groups in total. The third kappa shape index (κ3) is 6.43. The van der Waals surface area contributed by atoms with Crippen LogP contribution in [0.25, 0.3) is 0 Å². The molecule has 1 fully saturated rings. The molecule has 6 nitrogen and oxygen atoms in total. The van der Waals surface area contributed by atoms with Gasteiger partial charge in [0.2, 0.25) is 0 Å². The number of β-amino-alcohol motifs (C(OH)–C–C–N with tert-alkyl or cyclic N) is 1. The normalized spacial score (nSPS) is 16.2. The number of piperazine rings is 1. The summed E-state index contributed by atoms with van der Waals surface area (Å²) in [6.45, 7) is 2.21. The molecule has 1 aliphatic heterocycles. The molecule has 0 spiro atoms. The van der Waals surface area contributed by atoms with Gasteiger partial charge >= 0.3 is 12.2 Å². The highest BCUT2D eigenvalue weighted by molar-refractivity contribution is 6.30. The van der Waals surface area contributed by atoms with Gasteiger partial charge in [-0.3, -0.25) is 9.88 Å². The van der Waals surface area contributed by atoms with Gasteiger partial charge in [-0.1, -0.05) is 41.9 Å². The van der Waals surface area contributed by atoms with Crippen LogP contribution in [0, 0.1) is 5.82 Å². The fraction of sp³-hybridized carbons (Fsp3) is 0.333. The quantitative estimate of drug-likeness (QED) is 0.419. The molecular formula is C27H27ClF4N4O2. The van der Waals surface area contributed by atoms with E-state index in [9.17, 15) is 27.5 Å². The topological polar surface area (TPSA) is 68.7 Å². The van der Waals surface area contributed by atoms with Crippen molar-refractivity contribution in [3.63, 3.8) is 0 Å². The Morgan fingerprint density at radius 3 is 2.29 bits per heavy atom. The second-order valence-corrected chi connectivity index (χ2v) is 9.57. The Morgan fingerprint density at radius 1 is 1.00 bits per heavy atom. The minimum Gasteiger partial charge on any atom is -0.395 e. The van der Waals surface area contributed by atoms with Crippen molar-refractivity contribution in [2.45, 2.75) is 18.1 Å². The minimum atomic E-state index is -4.81. The standard InChI is InChI=1S/C27H27ClF4N4O2/c28-22-6-7-24(33-18-22)26(17-19-4-2-1-3-5-19,20-14-21(27(30,31)32)16-23(29)15-20)34-25(38)36-10-8-35(9-11-36)12-13-37/h1-7,14-16,18,37H,8-13,17H2,(H,34,38)/t26-/m1/s1. The lowest BCUT2D eigenvalue weighted by atomic mass is 9.79. The number of pyridine rings is 1. The fourth-order valence-electron chi connectivity index (χ4n) is 4.63. The molecule has 11 heteroatoms. The van der Waals surface area contributed by atoms with Gasteiger partial charge in [-0.05, 0) is 41.5 Å². The maximum atomic E-state index is 14.7. The molecule has 1 saturated heterocycles. The number of urea groups is 1. The molecule has 0 radical (unpaired) electrons. The van der Waals surface area contributed by atoms with E-state index in [1.165, 1.54) is 18.3 Å². The summed E-state index contributed by atoms with van der Waals surface area (Å²) in [6.07, 6.45) is -3.48. The lowest BCUT2D eigenvalue weighted by Crippen LogP contribution is -2.57. The molecule has 0 aliphatic carbocycles. The summed E-state index contributed by atoms with van der Waals surface area (Å²) in [5.41, 5.74) is -2.04. The van der Waals surface area contributed by atoms with Crippen LogP contribution in [0.4, 0.5) is 22.4 Å². The molecule has 1 atom stereocenters. The summed E-state index contributed by atoms with van der Waals surface area (Å²) in [6, 6.07) is 13.6. The average molecular weight is 551 g/mol. The van der Waals surface area contributed by atoms with Crippen LogP contribution in [0.5, 0.6) is 0 Å². The van der Waals surface area contributed by atoms with Gasteiger partial charge in [0.05, 0.1) is 22.9 Å². The van der Waals surface area contributed by atoms with Crippen LogP contribution >= 0.6 is 11.6 Å². The molecular weight excluding hydrogens is 524 g/mol. The van der Waals surface area contributed by atoms with Crippen LogP contribution in [-0.4, -0.2) is 65.3 Å². The summed E-state index contributed by atoms with van der Waals surface area (Å²) in [4.78, 5) is 21.6. The van der Waals surface area contributed by atoms with Crippen molar-refractivity contribution in [2.75, 3.05) is 39.3 Å². The van der Waals surface area contributed by atoms with Gasteiger partial charge in [-0.15, -0.1) is 0 Å².